The number of amides is 2. The summed E-state index contributed by atoms with van der Waals surface area (Å²) in [5, 5.41) is 9.30. The number of carbonyl (C=O) groups is 2. The zero-order valence-corrected chi connectivity index (χ0v) is 16.0. The van der Waals surface area contributed by atoms with Gasteiger partial charge in [-0.3, -0.25) is 4.79 Å². The fourth-order valence-corrected chi connectivity index (χ4v) is 3.57. The van der Waals surface area contributed by atoms with Gasteiger partial charge in [0.25, 0.3) is 0 Å². The van der Waals surface area contributed by atoms with Gasteiger partial charge in [-0.1, -0.05) is 0 Å². The molecule has 1 fully saturated rings. The van der Waals surface area contributed by atoms with Gasteiger partial charge in [0, 0.05) is 31.1 Å². The zero-order valence-electron chi connectivity index (χ0n) is 16.0. The highest BCUT2D eigenvalue weighted by atomic mass is 16.5. The van der Waals surface area contributed by atoms with Crippen LogP contribution in [0.1, 0.15) is 37.8 Å². The van der Waals surface area contributed by atoms with Gasteiger partial charge in [0.15, 0.2) is 0 Å². The van der Waals surface area contributed by atoms with E-state index in [1.807, 2.05) is 13.8 Å². The van der Waals surface area contributed by atoms with Crippen molar-refractivity contribution in [3.8, 4) is 11.8 Å². The Labute approximate surface area is 158 Å². The standard InChI is InChI=1S/C20H23N3O4/c1-20(2)15(12-22(3)19(25)26-4)18(23-9-5-6-17(23)24)14-10-13(11-21)7-8-16(14)27-20/h7-8,10H,5-6,9,12H2,1-4H3. The molecule has 7 nitrogen and oxygen atoms in total. The first kappa shape index (κ1) is 18.8. The monoisotopic (exact) mass is 369 g/mol. The normalized spacial score (nSPS) is 17.9. The van der Waals surface area contributed by atoms with Crippen molar-refractivity contribution in [2.75, 3.05) is 27.2 Å². The van der Waals surface area contributed by atoms with Gasteiger partial charge in [0.1, 0.15) is 11.4 Å². The molecule has 0 saturated carbocycles. The lowest BCUT2D eigenvalue weighted by molar-refractivity contribution is -0.125. The van der Waals surface area contributed by atoms with E-state index < -0.39 is 11.7 Å². The van der Waals surface area contributed by atoms with Crippen LogP contribution in [0.15, 0.2) is 23.8 Å². The van der Waals surface area contributed by atoms with E-state index in [2.05, 4.69) is 6.07 Å². The second-order valence-electron chi connectivity index (χ2n) is 7.24. The first-order valence-corrected chi connectivity index (χ1v) is 8.85. The van der Waals surface area contributed by atoms with Crippen molar-refractivity contribution in [1.29, 1.82) is 5.26 Å². The number of fused-ring (bicyclic) bond motifs is 1. The predicted molar refractivity (Wildman–Crippen MR) is 98.8 cm³/mol. The second-order valence-corrected chi connectivity index (χ2v) is 7.24. The zero-order chi connectivity index (χ0) is 19.8. The van der Waals surface area contributed by atoms with Gasteiger partial charge in [0.05, 0.1) is 31.0 Å². The van der Waals surface area contributed by atoms with Crippen molar-refractivity contribution >= 4 is 17.7 Å². The molecule has 0 N–H and O–H groups in total. The fraction of sp³-hybridized carbons (Fsp3) is 0.450. The summed E-state index contributed by atoms with van der Waals surface area (Å²) in [6.45, 7) is 4.67. The summed E-state index contributed by atoms with van der Waals surface area (Å²) in [4.78, 5) is 27.7. The van der Waals surface area contributed by atoms with Gasteiger partial charge in [-0.25, -0.2) is 4.79 Å². The molecule has 3 rings (SSSR count). The quantitative estimate of drug-likeness (QED) is 0.818. The Balaban J connectivity index is 2.21. The highest BCUT2D eigenvalue weighted by molar-refractivity contribution is 5.92. The first-order valence-electron chi connectivity index (χ1n) is 8.85. The minimum absolute atomic E-state index is 0.0363. The Hall–Kier alpha value is -3.01. The van der Waals surface area contributed by atoms with Crippen molar-refractivity contribution in [1.82, 2.24) is 9.80 Å². The molecule has 1 saturated heterocycles. The molecule has 0 aromatic heterocycles. The Morgan fingerprint density at radius 1 is 1.44 bits per heavy atom. The first-order chi connectivity index (χ1) is 12.8. The average molecular weight is 369 g/mol. The highest BCUT2D eigenvalue weighted by Crippen LogP contribution is 2.44. The van der Waals surface area contributed by atoms with Crippen LogP contribution >= 0.6 is 0 Å². The molecule has 7 heteroatoms. The Morgan fingerprint density at radius 2 is 2.19 bits per heavy atom. The number of methoxy groups -OCH3 is 1. The SMILES string of the molecule is COC(=O)N(C)CC1=C(N2CCCC2=O)c2cc(C#N)ccc2OC1(C)C. The average Bonchev–Trinajstić information content (AvgIpc) is 3.06. The molecule has 2 amide bonds. The van der Waals surface area contributed by atoms with Crippen LogP contribution in [-0.2, 0) is 9.53 Å². The molecule has 0 atom stereocenters. The molecule has 0 unspecified atom stereocenters. The number of hydrogen-bond acceptors (Lipinski definition) is 5. The van der Waals surface area contributed by atoms with Gasteiger partial charge >= 0.3 is 6.09 Å². The summed E-state index contributed by atoms with van der Waals surface area (Å²) < 4.78 is 11.0. The summed E-state index contributed by atoms with van der Waals surface area (Å²) in [6.07, 6.45) is 0.789. The van der Waals surface area contributed by atoms with Crippen molar-refractivity contribution in [3.05, 3.63) is 34.9 Å². The largest absolute Gasteiger partial charge is 0.483 e. The van der Waals surface area contributed by atoms with E-state index in [-0.39, 0.29) is 12.5 Å². The molecule has 2 heterocycles. The van der Waals surface area contributed by atoms with E-state index in [0.29, 0.717) is 29.8 Å². The van der Waals surface area contributed by atoms with Gasteiger partial charge in [0.2, 0.25) is 5.91 Å². The van der Waals surface area contributed by atoms with E-state index >= 15 is 0 Å². The lowest BCUT2D eigenvalue weighted by Gasteiger charge is -2.40. The van der Waals surface area contributed by atoms with Crippen LogP contribution in [0.3, 0.4) is 0 Å². The molecule has 0 radical (unpaired) electrons. The molecule has 1 aromatic carbocycles. The summed E-state index contributed by atoms with van der Waals surface area (Å²) in [6, 6.07) is 7.34. The van der Waals surface area contributed by atoms with Gasteiger partial charge in [-0.15, -0.1) is 0 Å². The van der Waals surface area contributed by atoms with E-state index in [0.717, 1.165) is 17.7 Å². The van der Waals surface area contributed by atoms with Gasteiger partial charge < -0.3 is 19.3 Å². The number of likely N-dealkylation sites (tertiary alicyclic amines) is 1. The van der Waals surface area contributed by atoms with Crippen LogP contribution in [0.25, 0.3) is 5.70 Å². The van der Waals surface area contributed by atoms with E-state index in [9.17, 15) is 14.9 Å². The summed E-state index contributed by atoms with van der Waals surface area (Å²) >= 11 is 0. The van der Waals surface area contributed by atoms with Crippen LogP contribution in [0, 0.1) is 11.3 Å². The summed E-state index contributed by atoms with van der Waals surface area (Å²) in [5.41, 5.74) is 1.99. The summed E-state index contributed by atoms with van der Waals surface area (Å²) in [7, 11) is 2.97. The molecule has 2 aliphatic rings. The number of nitrogens with zero attached hydrogens (tertiary/aromatic N) is 3. The number of ether oxygens (including phenoxy) is 2. The summed E-state index contributed by atoms with van der Waals surface area (Å²) in [5.74, 6) is 0.660. The number of carbonyl (C=O) groups excluding carboxylic acids is 2. The van der Waals surface area contributed by atoms with E-state index in [4.69, 9.17) is 9.47 Å². The minimum atomic E-state index is -0.734. The van der Waals surface area contributed by atoms with Crippen LogP contribution in [-0.4, -0.2) is 54.6 Å². The van der Waals surface area contributed by atoms with Gasteiger partial charge in [-0.2, -0.15) is 5.26 Å². The Kier molecular flexibility index (Phi) is 4.83. The molecule has 1 aromatic rings. The van der Waals surface area contributed by atoms with Crippen molar-refractivity contribution in [2.45, 2.75) is 32.3 Å². The minimum Gasteiger partial charge on any atom is -0.483 e. The van der Waals surface area contributed by atoms with Gasteiger partial charge in [-0.05, 0) is 38.5 Å². The number of hydrogen-bond donors (Lipinski definition) is 0. The molecule has 0 aliphatic carbocycles. The predicted octanol–water partition coefficient (Wildman–Crippen LogP) is 2.76. The molecular weight excluding hydrogens is 346 g/mol. The Morgan fingerprint density at radius 3 is 2.78 bits per heavy atom. The molecule has 2 aliphatic heterocycles. The van der Waals surface area contributed by atoms with Crippen LogP contribution < -0.4 is 4.74 Å². The Bertz CT molecular complexity index is 866. The maximum atomic E-state index is 12.6. The maximum absolute atomic E-state index is 12.6. The van der Waals surface area contributed by atoms with E-state index in [1.54, 1.807) is 30.1 Å². The number of rotatable bonds is 3. The number of nitriles is 1. The molecular formula is C20H23N3O4. The molecule has 27 heavy (non-hydrogen) atoms. The molecule has 0 bridgehead atoms. The third-order valence-electron chi connectivity index (χ3n) is 4.97. The maximum Gasteiger partial charge on any atom is 0.409 e. The number of benzene rings is 1. The lowest BCUT2D eigenvalue weighted by Crippen LogP contribution is -2.44. The topological polar surface area (TPSA) is 82.9 Å². The van der Waals surface area contributed by atoms with Crippen molar-refractivity contribution < 1.29 is 19.1 Å². The van der Waals surface area contributed by atoms with Crippen molar-refractivity contribution in [3.63, 3.8) is 0 Å². The lowest BCUT2D eigenvalue weighted by atomic mass is 9.88. The molecule has 0 spiro atoms. The van der Waals surface area contributed by atoms with Crippen LogP contribution in [0.4, 0.5) is 4.79 Å². The molecule has 142 valence electrons. The van der Waals surface area contributed by atoms with Crippen LogP contribution in [0.2, 0.25) is 0 Å². The third kappa shape index (κ3) is 3.35. The number of likely N-dealkylation sites (N-methyl/N-ethyl adjacent to an activating group) is 1. The van der Waals surface area contributed by atoms with Crippen molar-refractivity contribution in [2.24, 2.45) is 0 Å². The highest BCUT2D eigenvalue weighted by Gasteiger charge is 2.40. The smallest absolute Gasteiger partial charge is 0.409 e. The third-order valence-corrected chi connectivity index (χ3v) is 4.97. The second kappa shape index (κ2) is 6.95. The van der Waals surface area contributed by atoms with E-state index in [1.165, 1.54) is 12.0 Å². The fourth-order valence-electron chi connectivity index (χ4n) is 3.57. The van der Waals surface area contributed by atoms with Crippen LogP contribution in [0.5, 0.6) is 5.75 Å².